The van der Waals surface area contributed by atoms with Crippen LogP contribution in [0, 0.1) is 10.1 Å². The highest BCUT2D eigenvalue weighted by Gasteiger charge is 2.22. The quantitative estimate of drug-likeness (QED) is 0.348. The van der Waals surface area contributed by atoms with E-state index in [4.69, 9.17) is 10.5 Å². The number of nitrogens with two attached hydrogens (primary N) is 1. The molecule has 1 rings (SSSR count). The maximum absolute atomic E-state index is 11.5. The third kappa shape index (κ3) is 6.01. The molecule has 0 heterocycles. The smallest absolute Gasteiger partial charge is 0.407 e. The van der Waals surface area contributed by atoms with Crippen LogP contribution in [0.3, 0.4) is 0 Å². The second kappa shape index (κ2) is 7.93. The van der Waals surface area contributed by atoms with Crippen LogP contribution in [0.25, 0.3) is 0 Å². The lowest BCUT2D eigenvalue weighted by Gasteiger charge is -2.21. The number of aliphatic hydroxyl groups excluding tert-OH is 2. The van der Waals surface area contributed by atoms with E-state index in [-0.39, 0.29) is 29.9 Å². The Kier molecular flexibility index (Phi) is 6.50. The Labute approximate surface area is 139 Å². The van der Waals surface area contributed by atoms with E-state index < -0.39 is 28.8 Å². The van der Waals surface area contributed by atoms with Crippen LogP contribution in [0.5, 0.6) is 0 Å². The van der Waals surface area contributed by atoms with Gasteiger partial charge in [-0.3, -0.25) is 10.1 Å². The summed E-state index contributed by atoms with van der Waals surface area (Å²) in [7, 11) is 0. The van der Waals surface area contributed by atoms with Crippen LogP contribution < -0.4 is 11.1 Å². The average molecular weight is 341 g/mol. The fourth-order valence-corrected chi connectivity index (χ4v) is 1.92. The molecule has 1 amide bonds. The summed E-state index contributed by atoms with van der Waals surface area (Å²) in [5, 5.41) is 33.4. The van der Waals surface area contributed by atoms with Crippen LogP contribution in [-0.2, 0) is 4.74 Å². The second-order valence-corrected chi connectivity index (χ2v) is 6.30. The number of anilines is 1. The molecule has 24 heavy (non-hydrogen) atoms. The number of benzene rings is 1. The number of nitrogen functional groups attached to an aromatic ring is 1. The summed E-state index contributed by atoms with van der Waals surface area (Å²) < 4.78 is 5.04. The average Bonchev–Trinajstić information content (AvgIpc) is 2.44. The highest BCUT2D eigenvalue weighted by molar-refractivity contribution is 5.67. The van der Waals surface area contributed by atoms with Gasteiger partial charge in [-0.05, 0) is 38.8 Å². The van der Waals surface area contributed by atoms with E-state index in [0.717, 1.165) is 6.07 Å². The van der Waals surface area contributed by atoms with Crippen molar-refractivity contribution in [1.82, 2.24) is 5.32 Å². The Morgan fingerprint density at radius 2 is 2.04 bits per heavy atom. The molecule has 0 saturated carbocycles. The van der Waals surface area contributed by atoms with Gasteiger partial charge in [0.25, 0.3) is 5.69 Å². The van der Waals surface area contributed by atoms with E-state index in [1.807, 2.05) is 0 Å². The van der Waals surface area contributed by atoms with Crippen molar-refractivity contribution in [3.05, 3.63) is 33.9 Å². The molecule has 0 bridgehead atoms. The van der Waals surface area contributed by atoms with Crippen molar-refractivity contribution in [3.63, 3.8) is 0 Å². The maximum Gasteiger partial charge on any atom is 0.407 e. The van der Waals surface area contributed by atoms with Gasteiger partial charge in [0.2, 0.25) is 0 Å². The van der Waals surface area contributed by atoms with Crippen molar-refractivity contribution < 1.29 is 24.7 Å². The van der Waals surface area contributed by atoms with Crippen LogP contribution in [0.15, 0.2) is 18.2 Å². The number of amides is 1. The van der Waals surface area contributed by atoms with Gasteiger partial charge in [0, 0.05) is 12.6 Å². The Balaban J connectivity index is 2.59. The monoisotopic (exact) mass is 341 g/mol. The first kappa shape index (κ1) is 19.7. The lowest BCUT2D eigenvalue weighted by atomic mass is 10.0. The number of hydrogen-bond donors (Lipinski definition) is 4. The molecule has 1 aromatic rings. The van der Waals surface area contributed by atoms with Crippen LogP contribution >= 0.6 is 0 Å². The minimum absolute atomic E-state index is 0.0305. The van der Waals surface area contributed by atoms with E-state index in [2.05, 4.69) is 5.32 Å². The van der Waals surface area contributed by atoms with Gasteiger partial charge in [0.1, 0.15) is 17.4 Å². The molecule has 0 aliphatic carbocycles. The lowest BCUT2D eigenvalue weighted by Crippen LogP contribution is -2.34. The zero-order valence-electron chi connectivity index (χ0n) is 13.9. The number of nitro groups is 1. The predicted molar refractivity (Wildman–Crippen MR) is 87.3 cm³/mol. The molecule has 0 aromatic heterocycles. The third-order valence-electron chi connectivity index (χ3n) is 3.07. The first-order valence-electron chi connectivity index (χ1n) is 7.38. The molecular formula is C15H23N3O6. The van der Waals surface area contributed by atoms with Gasteiger partial charge in [-0.25, -0.2) is 4.79 Å². The summed E-state index contributed by atoms with van der Waals surface area (Å²) in [6, 6.07) is 3.81. The minimum atomic E-state index is -1.34. The van der Waals surface area contributed by atoms with Crippen molar-refractivity contribution in [3.8, 4) is 0 Å². The van der Waals surface area contributed by atoms with Gasteiger partial charge in [0.05, 0.1) is 11.0 Å². The number of carbonyl (C=O) groups excluding carboxylic acids is 1. The van der Waals surface area contributed by atoms with Gasteiger partial charge in [-0.1, -0.05) is 6.07 Å². The first-order valence-corrected chi connectivity index (χ1v) is 7.38. The molecule has 0 aliphatic heterocycles. The molecule has 5 N–H and O–H groups in total. The van der Waals surface area contributed by atoms with Crippen molar-refractivity contribution >= 4 is 17.5 Å². The van der Waals surface area contributed by atoms with Crippen molar-refractivity contribution in [2.24, 2.45) is 0 Å². The van der Waals surface area contributed by atoms with Gasteiger partial charge in [0.15, 0.2) is 0 Å². The highest BCUT2D eigenvalue weighted by atomic mass is 16.6. The molecular weight excluding hydrogens is 318 g/mol. The van der Waals surface area contributed by atoms with E-state index in [1.54, 1.807) is 20.8 Å². The van der Waals surface area contributed by atoms with E-state index in [1.165, 1.54) is 12.1 Å². The Morgan fingerprint density at radius 3 is 2.58 bits per heavy atom. The summed E-state index contributed by atoms with van der Waals surface area (Å²) in [4.78, 5) is 21.7. The Hall–Kier alpha value is -2.39. The number of ether oxygens (including phenoxy) is 1. The summed E-state index contributed by atoms with van der Waals surface area (Å²) in [5.74, 6) is 0. The third-order valence-corrected chi connectivity index (χ3v) is 3.07. The van der Waals surface area contributed by atoms with Crippen molar-refractivity contribution in [1.29, 1.82) is 0 Å². The molecule has 0 saturated heterocycles. The number of nitrogens with zero attached hydrogens (tertiary/aromatic N) is 1. The normalized spacial score (nSPS) is 13.9. The van der Waals surface area contributed by atoms with Crippen molar-refractivity contribution in [2.45, 2.75) is 45.0 Å². The minimum Gasteiger partial charge on any atom is -0.444 e. The molecule has 2 atom stereocenters. The SMILES string of the molecule is CC(C)(C)OC(=O)NCCC(O)C(O)c1ccc(N)c([N+](=O)[O-])c1. The summed E-state index contributed by atoms with van der Waals surface area (Å²) in [6.07, 6.45) is -3.15. The highest BCUT2D eigenvalue weighted by Crippen LogP contribution is 2.27. The van der Waals surface area contributed by atoms with Gasteiger partial charge in [-0.2, -0.15) is 0 Å². The largest absolute Gasteiger partial charge is 0.444 e. The molecule has 1 aromatic carbocycles. The van der Waals surface area contributed by atoms with Crippen LogP contribution in [0.2, 0.25) is 0 Å². The van der Waals surface area contributed by atoms with Gasteiger partial charge in [-0.15, -0.1) is 0 Å². The van der Waals surface area contributed by atoms with Crippen molar-refractivity contribution in [2.75, 3.05) is 12.3 Å². The fraction of sp³-hybridized carbons (Fsp3) is 0.533. The van der Waals surface area contributed by atoms with E-state index in [0.29, 0.717) is 0 Å². The molecule has 134 valence electrons. The zero-order chi connectivity index (χ0) is 18.5. The molecule has 0 radical (unpaired) electrons. The molecule has 2 unspecified atom stereocenters. The predicted octanol–water partition coefficient (Wildman–Crippen LogP) is 1.49. The summed E-state index contributed by atoms with van der Waals surface area (Å²) in [5.41, 5.74) is 4.64. The Morgan fingerprint density at radius 1 is 1.42 bits per heavy atom. The number of carbonyl (C=O) groups is 1. The van der Waals surface area contributed by atoms with E-state index in [9.17, 15) is 25.1 Å². The molecule has 0 fully saturated rings. The van der Waals surface area contributed by atoms with Gasteiger partial charge >= 0.3 is 6.09 Å². The van der Waals surface area contributed by atoms with Crippen LogP contribution in [0.1, 0.15) is 38.9 Å². The number of rotatable bonds is 6. The molecule has 9 heteroatoms. The topological polar surface area (TPSA) is 148 Å². The van der Waals surface area contributed by atoms with Gasteiger partial charge < -0.3 is 26.0 Å². The number of hydrogen-bond acceptors (Lipinski definition) is 7. The number of nitrogens with one attached hydrogen (secondary N) is 1. The summed E-state index contributed by atoms with van der Waals surface area (Å²) >= 11 is 0. The number of nitro benzene ring substituents is 1. The maximum atomic E-state index is 11.5. The lowest BCUT2D eigenvalue weighted by molar-refractivity contribution is -0.384. The Bertz CT molecular complexity index is 599. The number of aliphatic hydroxyl groups is 2. The van der Waals surface area contributed by atoms with Crippen LogP contribution in [-0.4, -0.2) is 39.5 Å². The molecule has 0 aliphatic rings. The standard InChI is InChI=1S/C15H23N3O6/c1-15(2,3)24-14(21)17-7-6-12(19)13(20)9-4-5-10(16)11(8-9)18(22)23/h4-5,8,12-13,19-20H,6-7,16H2,1-3H3,(H,17,21). The van der Waals surface area contributed by atoms with Crippen LogP contribution in [0.4, 0.5) is 16.2 Å². The fourth-order valence-electron chi connectivity index (χ4n) is 1.92. The zero-order valence-corrected chi connectivity index (χ0v) is 13.9. The first-order chi connectivity index (χ1) is 11.0. The second-order valence-electron chi connectivity index (χ2n) is 6.30. The number of alkyl carbamates (subject to hydrolysis) is 1. The molecule has 9 nitrogen and oxygen atoms in total. The summed E-state index contributed by atoms with van der Waals surface area (Å²) in [6.45, 7) is 5.24. The van der Waals surface area contributed by atoms with E-state index >= 15 is 0 Å². The molecule has 0 spiro atoms.